The smallest absolute Gasteiger partial charge is 0.417 e. The van der Waals surface area contributed by atoms with Gasteiger partial charge in [0.2, 0.25) is 5.91 Å². The maximum atomic E-state index is 13.7. The van der Waals surface area contributed by atoms with E-state index in [1.54, 1.807) is 20.8 Å². The van der Waals surface area contributed by atoms with E-state index in [0.29, 0.717) is 0 Å². The van der Waals surface area contributed by atoms with Crippen LogP contribution in [-0.2, 0) is 9.53 Å². The lowest BCUT2D eigenvalue weighted by molar-refractivity contribution is -0.129. The third-order valence-corrected chi connectivity index (χ3v) is 2.63. The van der Waals surface area contributed by atoms with Crippen LogP contribution < -0.4 is 0 Å². The van der Waals surface area contributed by atoms with E-state index in [1.165, 1.54) is 6.92 Å². The molecule has 0 radical (unpaired) electrons. The zero-order valence-electron chi connectivity index (χ0n) is 10.9. The summed E-state index contributed by atoms with van der Waals surface area (Å²) in [6.45, 7) is 6.73. The molecule has 98 valence electrons. The van der Waals surface area contributed by atoms with Crippen molar-refractivity contribution in [2.75, 3.05) is 6.54 Å². The molecule has 4 nitrogen and oxygen atoms in total. The molecule has 1 rings (SSSR count). The van der Waals surface area contributed by atoms with Gasteiger partial charge in [0.25, 0.3) is 0 Å². The number of halogens is 1. The molecule has 0 bridgehead atoms. The molecule has 0 aliphatic carbocycles. The lowest BCUT2D eigenvalue weighted by atomic mass is 10.00. The van der Waals surface area contributed by atoms with E-state index in [-0.39, 0.29) is 31.7 Å². The molecule has 5 heteroatoms. The van der Waals surface area contributed by atoms with Gasteiger partial charge in [0.05, 0.1) is 0 Å². The van der Waals surface area contributed by atoms with Crippen molar-refractivity contribution in [2.24, 2.45) is 0 Å². The van der Waals surface area contributed by atoms with E-state index in [2.05, 4.69) is 0 Å². The fourth-order valence-electron chi connectivity index (χ4n) is 1.61. The first kappa shape index (κ1) is 13.9. The number of amides is 2. The summed E-state index contributed by atoms with van der Waals surface area (Å²) >= 11 is 0. The summed E-state index contributed by atoms with van der Waals surface area (Å²) in [5.74, 6) is -0.361. The van der Waals surface area contributed by atoms with Crippen molar-refractivity contribution in [1.29, 1.82) is 0 Å². The Kier molecular flexibility index (Phi) is 3.79. The fourth-order valence-corrected chi connectivity index (χ4v) is 1.61. The van der Waals surface area contributed by atoms with Gasteiger partial charge in [0, 0.05) is 13.0 Å². The lowest BCUT2D eigenvalue weighted by Gasteiger charge is -2.25. The van der Waals surface area contributed by atoms with Crippen LogP contribution in [-0.4, -0.2) is 34.7 Å². The van der Waals surface area contributed by atoms with Gasteiger partial charge in [0.15, 0.2) is 0 Å². The van der Waals surface area contributed by atoms with E-state index in [1.807, 2.05) is 0 Å². The van der Waals surface area contributed by atoms with E-state index < -0.39 is 17.4 Å². The van der Waals surface area contributed by atoms with Gasteiger partial charge in [-0.25, -0.2) is 14.1 Å². The minimum atomic E-state index is -1.38. The number of nitrogens with zero attached hydrogens (tertiary/aromatic N) is 1. The Morgan fingerprint density at radius 3 is 2.53 bits per heavy atom. The number of imide groups is 1. The summed E-state index contributed by atoms with van der Waals surface area (Å²) in [4.78, 5) is 24.4. The molecule has 1 aliphatic heterocycles. The molecule has 17 heavy (non-hydrogen) atoms. The van der Waals surface area contributed by atoms with Crippen molar-refractivity contribution >= 4 is 12.0 Å². The zero-order chi connectivity index (χ0) is 13.3. The van der Waals surface area contributed by atoms with Crippen molar-refractivity contribution in [3.63, 3.8) is 0 Å². The molecule has 1 heterocycles. The molecule has 1 atom stereocenters. The average Bonchev–Trinajstić information content (AvgIpc) is 2.23. The number of ether oxygens (including phenoxy) is 1. The molecule has 2 amide bonds. The van der Waals surface area contributed by atoms with Gasteiger partial charge in [-0.15, -0.1) is 0 Å². The first-order valence-corrected chi connectivity index (χ1v) is 5.83. The van der Waals surface area contributed by atoms with Crippen LogP contribution >= 0.6 is 0 Å². The highest BCUT2D eigenvalue weighted by atomic mass is 19.1. The number of alkyl halides is 1. The molecule has 0 N–H and O–H groups in total. The Bertz CT molecular complexity index is 320. The topological polar surface area (TPSA) is 46.6 Å². The van der Waals surface area contributed by atoms with Gasteiger partial charge in [-0.05, 0) is 40.5 Å². The standard InChI is InChI=1S/C12H20FNO3/c1-11(2,3)17-10(16)14-8-7-12(4,13)6-5-9(14)15/h5-8H2,1-4H3. The van der Waals surface area contributed by atoms with Crippen LogP contribution in [0.25, 0.3) is 0 Å². The summed E-state index contributed by atoms with van der Waals surface area (Å²) in [7, 11) is 0. The Labute approximate surface area is 101 Å². The van der Waals surface area contributed by atoms with Crippen molar-refractivity contribution < 1.29 is 18.7 Å². The van der Waals surface area contributed by atoms with E-state index in [9.17, 15) is 14.0 Å². The Morgan fingerprint density at radius 2 is 2.00 bits per heavy atom. The van der Waals surface area contributed by atoms with Crippen LogP contribution in [0.15, 0.2) is 0 Å². The molecule has 0 aromatic carbocycles. The summed E-state index contributed by atoms with van der Waals surface area (Å²) in [5, 5.41) is 0. The van der Waals surface area contributed by atoms with Crippen LogP contribution in [0.1, 0.15) is 47.0 Å². The number of likely N-dealkylation sites (tertiary alicyclic amines) is 1. The highest BCUT2D eigenvalue weighted by Gasteiger charge is 2.35. The molecule has 1 unspecified atom stereocenters. The van der Waals surface area contributed by atoms with Gasteiger partial charge < -0.3 is 4.74 Å². The lowest BCUT2D eigenvalue weighted by Crippen LogP contribution is -2.40. The average molecular weight is 245 g/mol. The number of carbonyl (C=O) groups excluding carboxylic acids is 2. The maximum Gasteiger partial charge on any atom is 0.417 e. The highest BCUT2D eigenvalue weighted by Crippen LogP contribution is 2.27. The third kappa shape index (κ3) is 4.32. The second-order valence-electron chi connectivity index (χ2n) is 5.69. The number of hydrogen-bond acceptors (Lipinski definition) is 3. The molecule has 1 saturated heterocycles. The molecular formula is C12H20FNO3. The number of rotatable bonds is 0. The highest BCUT2D eigenvalue weighted by molar-refractivity contribution is 5.92. The monoisotopic (exact) mass is 245 g/mol. The molecule has 0 spiro atoms. The van der Waals surface area contributed by atoms with Crippen LogP contribution in [0.3, 0.4) is 0 Å². The summed E-state index contributed by atoms with van der Waals surface area (Å²) in [6, 6.07) is 0. The second kappa shape index (κ2) is 4.63. The second-order valence-corrected chi connectivity index (χ2v) is 5.69. The van der Waals surface area contributed by atoms with Crippen LogP contribution in [0.4, 0.5) is 9.18 Å². The van der Waals surface area contributed by atoms with Gasteiger partial charge in [-0.1, -0.05) is 0 Å². The third-order valence-electron chi connectivity index (χ3n) is 2.63. The Balaban J connectivity index is 2.70. The van der Waals surface area contributed by atoms with Crippen molar-refractivity contribution in [3.05, 3.63) is 0 Å². The van der Waals surface area contributed by atoms with Gasteiger partial charge in [-0.2, -0.15) is 0 Å². The molecule has 1 aliphatic rings. The van der Waals surface area contributed by atoms with Crippen LogP contribution in [0.2, 0.25) is 0 Å². The molecule has 0 aromatic heterocycles. The number of hydrogen-bond donors (Lipinski definition) is 0. The quantitative estimate of drug-likeness (QED) is 0.659. The minimum absolute atomic E-state index is 0.0479. The van der Waals surface area contributed by atoms with Crippen LogP contribution in [0.5, 0.6) is 0 Å². The van der Waals surface area contributed by atoms with Crippen LogP contribution in [0, 0.1) is 0 Å². The minimum Gasteiger partial charge on any atom is -0.443 e. The first-order chi connectivity index (χ1) is 7.61. The van der Waals surface area contributed by atoms with Gasteiger partial charge >= 0.3 is 6.09 Å². The molecule has 0 aromatic rings. The van der Waals surface area contributed by atoms with E-state index in [4.69, 9.17) is 4.74 Å². The SMILES string of the molecule is CC1(F)CCC(=O)N(C(=O)OC(C)(C)C)CC1. The van der Waals surface area contributed by atoms with Gasteiger partial charge in [0.1, 0.15) is 11.3 Å². The molecule has 0 saturated carbocycles. The Morgan fingerprint density at radius 1 is 1.41 bits per heavy atom. The summed E-state index contributed by atoms with van der Waals surface area (Å²) < 4.78 is 18.9. The number of carbonyl (C=O) groups is 2. The first-order valence-electron chi connectivity index (χ1n) is 5.83. The zero-order valence-corrected chi connectivity index (χ0v) is 10.9. The van der Waals surface area contributed by atoms with Gasteiger partial charge in [-0.3, -0.25) is 4.79 Å². The Hall–Kier alpha value is -1.13. The van der Waals surface area contributed by atoms with Crippen molar-refractivity contribution in [3.8, 4) is 0 Å². The van der Waals surface area contributed by atoms with Crippen molar-refractivity contribution in [1.82, 2.24) is 4.90 Å². The van der Waals surface area contributed by atoms with Crippen molar-refractivity contribution in [2.45, 2.75) is 58.2 Å². The summed E-state index contributed by atoms with van der Waals surface area (Å²) in [6.07, 6.45) is -0.310. The molecular weight excluding hydrogens is 225 g/mol. The fraction of sp³-hybridized carbons (Fsp3) is 0.833. The predicted octanol–water partition coefficient (Wildman–Crippen LogP) is 2.66. The van der Waals surface area contributed by atoms with E-state index >= 15 is 0 Å². The largest absolute Gasteiger partial charge is 0.443 e. The molecule has 1 fully saturated rings. The predicted molar refractivity (Wildman–Crippen MR) is 61.3 cm³/mol. The maximum absolute atomic E-state index is 13.7. The normalized spacial score (nSPS) is 26.6. The van der Waals surface area contributed by atoms with E-state index in [0.717, 1.165) is 4.90 Å². The summed E-state index contributed by atoms with van der Waals surface area (Å²) in [5.41, 5.74) is -2.03.